The van der Waals surface area contributed by atoms with Gasteiger partial charge in [-0.1, -0.05) is 20.8 Å². The molecule has 1 heterocycles. The minimum atomic E-state index is -0.272. The summed E-state index contributed by atoms with van der Waals surface area (Å²) in [6, 6.07) is 11.7. The van der Waals surface area contributed by atoms with Crippen molar-refractivity contribution in [3.63, 3.8) is 0 Å². The summed E-state index contributed by atoms with van der Waals surface area (Å²) in [6.45, 7) is 10.7. The van der Waals surface area contributed by atoms with Crippen LogP contribution >= 0.6 is 27.3 Å². The van der Waals surface area contributed by atoms with Crippen molar-refractivity contribution in [2.24, 2.45) is 16.3 Å². The van der Waals surface area contributed by atoms with E-state index in [4.69, 9.17) is 14.5 Å². The molecule has 0 fully saturated rings. The second-order valence-electron chi connectivity index (χ2n) is 11.0. The SMILES string of the molecule is COc1cc(C=Nc2sc3c(c2C#N)CC[C@@H](C(C)(C)C)C3)ccc1OCC(=O)Nc1cc(C)c(C)cc1Br. The monoisotopic (exact) mass is 607 g/mol. The summed E-state index contributed by atoms with van der Waals surface area (Å²) in [4.78, 5) is 18.5. The molecule has 0 unspecified atom stereocenters. The lowest BCUT2D eigenvalue weighted by Gasteiger charge is -2.33. The van der Waals surface area contributed by atoms with Crippen LogP contribution in [0.1, 0.15) is 59.9 Å². The number of fused-ring (bicyclic) bond motifs is 1. The second kappa shape index (κ2) is 11.9. The molecular formula is C31H34BrN3O3S. The predicted molar refractivity (Wildman–Crippen MR) is 162 cm³/mol. The fraction of sp³-hybridized carbons (Fsp3) is 0.387. The minimum Gasteiger partial charge on any atom is -0.493 e. The maximum Gasteiger partial charge on any atom is 0.262 e. The summed E-state index contributed by atoms with van der Waals surface area (Å²) in [5.41, 5.74) is 5.86. The van der Waals surface area contributed by atoms with Crippen LogP contribution in [0, 0.1) is 36.5 Å². The molecule has 1 atom stereocenters. The Bertz CT molecular complexity index is 1460. The molecule has 4 rings (SSSR count). The summed E-state index contributed by atoms with van der Waals surface area (Å²) in [5.74, 6) is 1.29. The highest BCUT2D eigenvalue weighted by atomic mass is 79.9. The van der Waals surface area contributed by atoms with Gasteiger partial charge >= 0.3 is 0 Å². The van der Waals surface area contributed by atoms with Gasteiger partial charge < -0.3 is 14.8 Å². The highest BCUT2D eigenvalue weighted by molar-refractivity contribution is 9.10. The normalized spacial score (nSPS) is 15.1. The molecule has 0 saturated heterocycles. The van der Waals surface area contributed by atoms with E-state index < -0.39 is 0 Å². The van der Waals surface area contributed by atoms with Crippen molar-refractivity contribution in [2.45, 2.75) is 53.9 Å². The average molecular weight is 609 g/mol. The average Bonchev–Trinajstić information content (AvgIpc) is 3.25. The van der Waals surface area contributed by atoms with Crippen molar-refractivity contribution in [1.29, 1.82) is 5.26 Å². The smallest absolute Gasteiger partial charge is 0.262 e. The Kier molecular flexibility index (Phi) is 8.83. The van der Waals surface area contributed by atoms with Gasteiger partial charge in [-0.2, -0.15) is 5.26 Å². The number of methoxy groups -OCH3 is 1. The number of rotatable bonds is 7. The molecule has 0 saturated carbocycles. The summed E-state index contributed by atoms with van der Waals surface area (Å²) >= 11 is 5.13. The Hall–Kier alpha value is -3.15. The molecule has 1 amide bonds. The number of carbonyl (C=O) groups is 1. The molecule has 0 radical (unpaired) electrons. The van der Waals surface area contributed by atoms with Crippen LogP contribution in [0.2, 0.25) is 0 Å². The fourth-order valence-electron chi connectivity index (χ4n) is 4.74. The minimum absolute atomic E-state index is 0.162. The van der Waals surface area contributed by atoms with Gasteiger partial charge in [0.25, 0.3) is 5.91 Å². The maximum atomic E-state index is 12.5. The lowest BCUT2D eigenvalue weighted by molar-refractivity contribution is -0.118. The fourth-order valence-corrected chi connectivity index (χ4v) is 6.52. The van der Waals surface area contributed by atoms with Crippen molar-refractivity contribution >= 4 is 50.1 Å². The number of hydrogen-bond donors (Lipinski definition) is 1. The molecular weight excluding hydrogens is 574 g/mol. The number of nitriles is 1. The van der Waals surface area contributed by atoms with E-state index in [2.05, 4.69) is 48.1 Å². The van der Waals surface area contributed by atoms with Gasteiger partial charge in [-0.05, 0) is 113 Å². The van der Waals surface area contributed by atoms with Crippen LogP contribution in [0.15, 0.2) is 39.8 Å². The first-order valence-corrected chi connectivity index (χ1v) is 14.6. The van der Waals surface area contributed by atoms with Crippen molar-refractivity contribution < 1.29 is 14.3 Å². The molecule has 3 aromatic rings. The van der Waals surface area contributed by atoms with E-state index in [9.17, 15) is 10.1 Å². The molecule has 8 heteroatoms. The number of benzene rings is 2. The molecule has 39 heavy (non-hydrogen) atoms. The molecule has 2 aromatic carbocycles. The molecule has 6 nitrogen and oxygen atoms in total. The van der Waals surface area contributed by atoms with E-state index in [0.717, 1.165) is 45.4 Å². The van der Waals surface area contributed by atoms with Gasteiger partial charge in [-0.15, -0.1) is 11.3 Å². The topological polar surface area (TPSA) is 83.7 Å². The highest BCUT2D eigenvalue weighted by Gasteiger charge is 2.32. The van der Waals surface area contributed by atoms with Gasteiger partial charge in [-0.3, -0.25) is 4.79 Å². The van der Waals surface area contributed by atoms with Crippen molar-refractivity contribution in [3.8, 4) is 17.6 Å². The molecule has 1 N–H and O–H groups in total. The molecule has 0 aliphatic heterocycles. The van der Waals surface area contributed by atoms with Crippen LogP contribution in [0.3, 0.4) is 0 Å². The summed E-state index contributed by atoms with van der Waals surface area (Å²) in [6.07, 6.45) is 4.78. The van der Waals surface area contributed by atoms with E-state index in [-0.39, 0.29) is 17.9 Å². The number of anilines is 1. The Labute approximate surface area is 243 Å². The van der Waals surface area contributed by atoms with Crippen molar-refractivity contribution in [1.82, 2.24) is 0 Å². The van der Waals surface area contributed by atoms with Gasteiger partial charge in [0.1, 0.15) is 11.1 Å². The Morgan fingerprint density at radius 2 is 1.97 bits per heavy atom. The van der Waals surface area contributed by atoms with E-state index >= 15 is 0 Å². The van der Waals surface area contributed by atoms with Crippen molar-refractivity contribution in [3.05, 3.63) is 67.5 Å². The van der Waals surface area contributed by atoms with Crippen LogP contribution in [0.4, 0.5) is 10.7 Å². The van der Waals surface area contributed by atoms with Crippen LogP contribution in [0.25, 0.3) is 0 Å². The number of carbonyl (C=O) groups excluding carboxylic acids is 1. The third-order valence-corrected chi connectivity index (χ3v) is 9.14. The number of aryl methyl sites for hydroxylation is 2. The van der Waals surface area contributed by atoms with Gasteiger partial charge in [0.05, 0.1) is 18.4 Å². The third-order valence-electron chi connectivity index (χ3n) is 7.32. The number of nitrogens with zero attached hydrogens (tertiary/aromatic N) is 2. The quantitative estimate of drug-likeness (QED) is 0.276. The largest absolute Gasteiger partial charge is 0.493 e. The summed E-state index contributed by atoms with van der Waals surface area (Å²) in [7, 11) is 1.56. The Morgan fingerprint density at radius 3 is 2.67 bits per heavy atom. The number of halogens is 1. The Morgan fingerprint density at radius 1 is 1.23 bits per heavy atom. The van der Waals surface area contributed by atoms with Crippen LogP contribution in [-0.4, -0.2) is 25.8 Å². The van der Waals surface area contributed by atoms with E-state index in [1.54, 1.807) is 30.7 Å². The molecule has 0 spiro atoms. The second-order valence-corrected chi connectivity index (χ2v) is 13.0. The van der Waals surface area contributed by atoms with Gasteiger partial charge in [0, 0.05) is 15.6 Å². The standard InChI is InChI=1S/C31H34BrN3O3S/c1-18-11-24(32)25(12-19(18)2)35-29(36)17-38-26-10-7-20(13-27(26)37-6)16-34-30-23(15-33)22-9-8-21(31(3,4)5)14-28(22)39-30/h7,10-13,16,21H,8-9,14,17H2,1-6H3,(H,35,36)/t21-/m1/s1. The van der Waals surface area contributed by atoms with Crippen molar-refractivity contribution in [2.75, 3.05) is 19.0 Å². The lowest BCUT2D eigenvalue weighted by Crippen LogP contribution is -2.26. The molecule has 204 valence electrons. The first kappa shape index (κ1) is 28.8. The number of ether oxygens (including phenoxy) is 2. The zero-order valence-corrected chi connectivity index (χ0v) is 25.7. The van der Waals surface area contributed by atoms with Crippen LogP contribution in [-0.2, 0) is 17.6 Å². The molecule has 0 bridgehead atoms. The zero-order valence-electron chi connectivity index (χ0n) is 23.3. The predicted octanol–water partition coefficient (Wildman–Crippen LogP) is 7.93. The Balaban J connectivity index is 1.45. The molecule has 1 aliphatic rings. The number of aliphatic imine (C=N–C) groups is 1. The van der Waals surface area contributed by atoms with E-state index in [1.807, 2.05) is 38.1 Å². The van der Waals surface area contributed by atoms with Gasteiger partial charge in [0.2, 0.25) is 0 Å². The van der Waals surface area contributed by atoms with E-state index in [1.165, 1.54) is 10.4 Å². The van der Waals surface area contributed by atoms with E-state index in [0.29, 0.717) is 28.7 Å². The van der Waals surface area contributed by atoms with Gasteiger partial charge in [0.15, 0.2) is 18.1 Å². The number of hydrogen-bond acceptors (Lipinski definition) is 6. The highest BCUT2D eigenvalue weighted by Crippen LogP contribution is 2.45. The first-order valence-electron chi connectivity index (χ1n) is 13.0. The molecule has 1 aromatic heterocycles. The summed E-state index contributed by atoms with van der Waals surface area (Å²) < 4.78 is 12.1. The van der Waals surface area contributed by atoms with Gasteiger partial charge in [-0.25, -0.2) is 4.99 Å². The zero-order chi connectivity index (χ0) is 28.3. The first-order chi connectivity index (χ1) is 18.5. The summed E-state index contributed by atoms with van der Waals surface area (Å²) in [5, 5.41) is 13.5. The number of nitrogens with one attached hydrogen (secondary N) is 1. The number of amides is 1. The van der Waals surface area contributed by atoms with Crippen LogP contribution in [0.5, 0.6) is 11.5 Å². The van der Waals surface area contributed by atoms with Crippen LogP contribution < -0.4 is 14.8 Å². The third kappa shape index (κ3) is 6.71. The molecule has 1 aliphatic carbocycles. The maximum absolute atomic E-state index is 12.5. The lowest BCUT2D eigenvalue weighted by atomic mass is 9.72. The number of thiophene rings is 1.